The number of rotatable bonds is 7. The normalized spacial score (nSPS) is 12.8. The van der Waals surface area contributed by atoms with Crippen LogP contribution < -0.4 is 5.32 Å². The summed E-state index contributed by atoms with van der Waals surface area (Å²) in [5.41, 5.74) is 1.12. The van der Waals surface area contributed by atoms with Gasteiger partial charge in [0.25, 0.3) is 0 Å². The molecule has 1 atom stereocenters. The molecule has 1 N–H and O–H groups in total. The third-order valence-electron chi connectivity index (χ3n) is 3.19. The minimum absolute atomic E-state index is 0.484. The first kappa shape index (κ1) is 14.8. The topological polar surface area (TPSA) is 29.9 Å². The van der Waals surface area contributed by atoms with Gasteiger partial charge in [0, 0.05) is 30.2 Å². The average Bonchev–Trinajstić information content (AvgIpc) is 3.03. The molecule has 0 amide bonds. The van der Waals surface area contributed by atoms with Crippen LogP contribution in [-0.2, 0) is 13.0 Å². The molecular formula is C14H20BrN3S. The Morgan fingerprint density at radius 1 is 1.42 bits per heavy atom. The van der Waals surface area contributed by atoms with E-state index < -0.39 is 0 Å². The molecular weight excluding hydrogens is 322 g/mol. The van der Waals surface area contributed by atoms with Crippen LogP contribution in [0.3, 0.4) is 0 Å². The zero-order chi connectivity index (χ0) is 13.7. The first-order chi connectivity index (χ1) is 9.19. The molecule has 0 aliphatic rings. The molecule has 1 unspecified atom stereocenters. The standard InChI is InChI=1S/C14H20BrN3S/c1-3-11(2)18-9-7-12(17-18)10-16-8-6-13-4-5-14(15)19-13/h4-5,7,9,11,16H,3,6,8,10H2,1-2H3. The monoisotopic (exact) mass is 341 g/mol. The first-order valence-electron chi connectivity index (χ1n) is 6.68. The minimum atomic E-state index is 0.484. The molecule has 0 radical (unpaired) electrons. The van der Waals surface area contributed by atoms with Crippen LogP contribution in [-0.4, -0.2) is 16.3 Å². The highest BCUT2D eigenvalue weighted by molar-refractivity contribution is 9.11. The van der Waals surface area contributed by atoms with Crippen LogP contribution in [0.25, 0.3) is 0 Å². The molecule has 2 heterocycles. The van der Waals surface area contributed by atoms with Gasteiger partial charge in [-0.25, -0.2) is 0 Å². The van der Waals surface area contributed by atoms with Crippen LogP contribution in [0.4, 0.5) is 0 Å². The van der Waals surface area contributed by atoms with Crippen molar-refractivity contribution in [3.05, 3.63) is 38.8 Å². The summed E-state index contributed by atoms with van der Waals surface area (Å²) in [7, 11) is 0. The molecule has 0 fully saturated rings. The molecule has 0 saturated heterocycles. The molecule has 0 aliphatic heterocycles. The molecule has 0 aliphatic carbocycles. The first-order valence-corrected chi connectivity index (χ1v) is 8.29. The predicted molar refractivity (Wildman–Crippen MR) is 84.7 cm³/mol. The fourth-order valence-corrected chi connectivity index (χ4v) is 3.30. The van der Waals surface area contributed by atoms with Crippen molar-refractivity contribution in [2.45, 2.75) is 39.3 Å². The molecule has 5 heteroatoms. The highest BCUT2D eigenvalue weighted by Gasteiger charge is 2.04. The zero-order valence-corrected chi connectivity index (χ0v) is 13.8. The van der Waals surface area contributed by atoms with E-state index in [0.717, 1.165) is 31.6 Å². The summed E-state index contributed by atoms with van der Waals surface area (Å²) in [6.45, 7) is 6.21. The molecule has 0 aromatic carbocycles. The molecule has 104 valence electrons. The molecule has 19 heavy (non-hydrogen) atoms. The van der Waals surface area contributed by atoms with E-state index in [1.54, 1.807) is 11.3 Å². The van der Waals surface area contributed by atoms with Gasteiger partial charge in [0.2, 0.25) is 0 Å². The Bertz CT molecular complexity index is 506. The zero-order valence-electron chi connectivity index (χ0n) is 11.4. The second kappa shape index (κ2) is 7.22. The minimum Gasteiger partial charge on any atom is -0.311 e. The van der Waals surface area contributed by atoms with Gasteiger partial charge in [0.05, 0.1) is 9.48 Å². The molecule has 0 spiro atoms. The van der Waals surface area contributed by atoms with Gasteiger partial charge < -0.3 is 5.32 Å². The maximum absolute atomic E-state index is 4.58. The van der Waals surface area contributed by atoms with E-state index in [2.05, 4.69) is 64.6 Å². The number of aromatic nitrogens is 2. The van der Waals surface area contributed by atoms with E-state index in [1.807, 2.05) is 4.68 Å². The Morgan fingerprint density at radius 2 is 2.26 bits per heavy atom. The van der Waals surface area contributed by atoms with Crippen molar-refractivity contribution in [3.8, 4) is 0 Å². The smallest absolute Gasteiger partial charge is 0.0762 e. The lowest BCUT2D eigenvalue weighted by Crippen LogP contribution is -2.17. The molecule has 0 bridgehead atoms. The number of nitrogens with zero attached hydrogens (tertiary/aromatic N) is 2. The Labute approximate surface area is 127 Å². The summed E-state index contributed by atoms with van der Waals surface area (Å²) in [6.07, 6.45) is 4.26. The lowest BCUT2D eigenvalue weighted by molar-refractivity contribution is 0.471. The van der Waals surface area contributed by atoms with Crippen LogP contribution in [0.5, 0.6) is 0 Å². The molecule has 2 aromatic heterocycles. The van der Waals surface area contributed by atoms with Crippen molar-refractivity contribution < 1.29 is 0 Å². The lowest BCUT2D eigenvalue weighted by Gasteiger charge is -2.08. The third kappa shape index (κ3) is 4.44. The van der Waals surface area contributed by atoms with Crippen molar-refractivity contribution in [1.82, 2.24) is 15.1 Å². The van der Waals surface area contributed by atoms with Crippen molar-refractivity contribution in [3.63, 3.8) is 0 Å². The Hall–Kier alpha value is -0.650. The van der Waals surface area contributed by atoms with Crippen LogP contribution in [0.15, 0.2) is 28.2 Å². The van der Waals surface area contributed by atoms with Gasteiger partial charge in [0.15, 0.2) is 0 Å². The van der Waals surface area contributed by atoms with Gasteiger partial charge in [-0.2, -0.15) is 5.10 Å². The van der Waals surface area contributed by atoms with Gasteiger partial charge in [-0.05, 0) is 53.9 Å². The molecule has 2 aromatic rings. The van der Waals surface area contributed by atoms with Crippen LogP contribution in [0, 0.1) is 0 Å². The fraction of sp³-hybridized carbons (Fsp3) is 0.500. The van der Waals surface area contributed by atoms with Crippen molar-refractivity contribution in [1.29, 1.82) is 0 Å². The Balaban J connectivity index is 1.72. The van der Waals surface area contributed by atoms with Crippen LogP contribution in [0.2, 0.25) is 0 Å². The highest BCUT2D eigenvalue weighted by Crippen LogP contribution is 2.22. The van der Waals surface area contributed by atoms with Gasteiger partial charge >= 0.3 is 0 Å². The molecule has 3 nitrogen and oxygen atoms in total. The fourth-order valence-electron chi connectivity index (χ4n) is 1.82. The van der Waals surface area contributed by atoms with E-state index in [0.29, 0.717) is 6.04 Å². The van der Waals surface area contributed by atoms with Crippen molar-refractivity contribution >= 4 is 27.3 Å². The number of halogens is 1. The quantitative estimate of drug-likeness (QED) is 0.771. The van der Waals surface area contributed by atoms with Gasteiger partial charge in [-0.3, -0.25) is 4.68 Å². The second-order valence-electron chi connectivity index (χ2n) is 4.68. The van der Waals surface area contributed by atoms with E-state index in [9.17, 15) is 0 Å². The largest absolute Gasteiger partial charge is 0.311 e. The van der Waals surface area contributed by atoms with Gasteiger partial charge in [-0.1, -0.05) is 6.92 Å². The number of hydrogen-bond donors (Lipinski definition) is 1. The van der Waals surface area contributed by atoms with E-state index in [-0.39, 0.29) is 0 Å². The molecule has 0 saturated carbocycles. The third-order valence-corrected chi connectivity index (χ3v) is 4.87. The summed E-state index contributed by atoms with van der Waals surface area (Å²) in [4.78, 5) is 1.41. The highest BCUT2D eigenvalue weighted by atomic mass is 79.9. The maximum atomic E-state index is 4.58. The van der Waals surface area contributed by atoms with Crippen molar-refractivity contribution in [2.24, 2.45) is 0 Å². The van der Waals surface area contributed by atoms with Crippen molar-refractivity contribution in [2.75, 3.05) is 6.54 Å². The Morgan fingerprint density at radius 3 is 2.95 bits per heavy atom. The number of hydrogen-bond acceptors (Lipinski definition) is 3. The van der Waals surface area contributed by atoms with Crippen LogP contribution in [0.1, 0.15) is 36.9 Å². The lowest BCUT2D eigenvalue weighted by atomic mass is 10.3. The number of thiophene rings is 1. The summed E-state index contributed by atoms with van der Waals surface area (Å²) in [6, 6.07) is 6.86. The molecule has 2 rings (SSSR count). The summed E-state index contributed by atoms with van der Waals surface area (Å²) in [5, 5.41) is 8.02. The van der Waals surface area contributed by atoms with Gasteiger partial charge in [-0.15, -0.1) is 11.3 Å². The van der Waals surface area contributed by atoms with E-state index in [4.69, 9.17) is 0 Å². The van der Waals surface area contributed by atoms with Gasteiger partial charge in [0.1, 0.15) is 0 Å². The Kier molecular flexibility index (Phi) is 5.60. The number of nitrogens with one attached hydrogen (secondary N) is 1. The maximum Gasteiger partial charge on any atom is 0.0762 e. The predicted octanol–water partition coefficient (Wildman–Crippen LogP) is 4.01. The SMILES string of the molecule is CCC(C)n1ccc(CNCCc2ccc(Br)s2)n1. The second-order valence-corrected chi connectivity index (χ2v) is 7.22. The summed E-state index contributed by atoms with van der Waals surface area (Å²) >= 11 is 5.29. The summed E-state index contributed by atoms with van der Waals surface area (Å²) in [5.74, 6) is 0. The van der Waals surface area contributed by atoms with Crippen LogP contribution >= 0.6 is 27.3 Å². The van der Waals surface area contributed by atoms with E-state index in [1.165, 1.54) is 8.66 Å². The van der Waals surface area contributed by atoms with E-state index >= 15 is 0 Å². The average molecular weight is 342 g/mol. The summed E-state index contributed by atoms with van der Waals surface area (Å²) < 4.78 is 3.25.